The van der Waals surface area contributed by atoms with Gasteiger partial charge in [-0.1, -0.05) is 10.3 Å². The maximum atomic E-state index is 5.72. The molecule has 0 saturated heterocycles. The summed E-state index contributed by atoms with van der Waals surface area (Å²) in [6, 6.07) is 0. The molecule has 0 saturated carbocycles. The summed E-state index contributed by atoms with van der Waals surface area (Å²) < 4.78 is 10.4. The molecule has 0 aromatic carbocycles. The molecule has 0 amide bonds. The molecular formula is C14H23ClN4O2. The Morgan fingerprint density at radius 3 is 1.62 bits per heavy atom. The second kappa shape index (κ2) is 7.59. The molecular weight excluding hydrogens is 292 g/mol. The van der Waals surface area contributed by atoms with Crippen molar-refractivity contribution in [1.29, 1.82) is 0 Å². The number of aryl methyl sites for hydroxylation is 4. The molecule has 2 rings (SSSR count). The average Bonchev–Trinajstić information content (AvgIpc) is 2.89. The van der Waals surface area contributed by atoms with Gasteiger partial charge in [0.2, 0.25) is 0 Å². The minimum Gasteiger partial charge on any atom is -0.361 e. The minimum absolute atomic E-state index is 0. The van der Waals surface area contributed by atoms with E-state index in [1.54, 1.807) is 0 Å². The lowest BCUT2D eigenvalue weighted by atomic mass is 10.1. The summed E-state index contributed by atoms with van der Waals surface area (Å²) in [5.74, 6) is 1.73. The van der Waals surface area contributed by atoms with Crippen molar-refractivity contribution in [2.24, 2.45) is 5.73 Å². The van der Waals surface area contributed by atoms with Crippen LogP contribution in [0, 0.1) is 27.7 Å². The van der Waals surface area contributed by atoms with Crippen LogP contribution in [0.1, 0.15) is 34.0 Å². The van der Waals surface area contributed by atoms with E-state index in [1.165, 1.54) is 0 Å². The number of nitrogens with zero attached hydrogens (tertiary/aromatic N) is 3. The lowest BCUT2D eigenvalue weighted by molar-refractivity contribution is 0.259. The van der Waals surface area contributed by atoms with E-state index in [1.807, 2.05) is 27.7 Å². The molecule has 118 valence electrons. The largest absolute Gasteiger partial charge is 0.361 e. The number of nitrogens with two attached hydrogens (primary N) is 1. The normalized spacial score (nSPS) is 11.0. The fourth-order valence-corrected chi connectivity index (χ4v) is 2.30. The summed E-state index contributed by atoms with van der Waals surface area (Å²) in [4.78, 5) is 2.26. The smallest absolute Gasteiger partial charge is 0.138 e. The fourth-order valence-electron chi connectivity index (χ4n) is 2.30. The van der Waals surface area contributed by atoms with Crippen LogP contribution in [0.5, 0.6) is 0 Å². The molecule has 2 heterocycles. The summed E-state index contributed by atoms with van der Waals surface area (Å²) in [5.41, 5.74) is 9.85. The van der Waals surface area contributed by atoms with Crippen molar-refractivity contribution in [3.05, 3.63) is 34.0 Å². The fraction of sp³-hybridized carbons (Fsp3) is 0.571. The van der Waals surface area contributed by atoms with Crippen LogP contribution in [0.3, 0.4) is 0 Å². The van der Waals surface area contributed by atoms with Crippen molar-refractivity contribution in [2.45, 2.75) is 40.8 Å². The van der Waals surface area contributed by atoms with E-state index >= 15 is 0 Å². The summed E-state index contributed by atoms with van der Waals surface area (Å²) in [7, 11) is 0. The van der Waals surface area contributed by atoms with Crippen LogP contribution in [0.25, 0.3) is 0 Å². The first-order chi connectivity index (χ1) is 9.52. The van der Waals surface area contributed by atoms with Crippen LogP contribution < -0.4 is 5.73 Å². The number of rotatable bonds is 6. The van der Waals surface area contributed by atoms with E-state index in [9.17, 15) is 0 Å². The molecule has 0 spiro atoms. The van der Waals surface area contributed by atoms with Gasteiger partial charge in [0.1, 0.15) is 11.5 Å². The first-order valence-electron chi connectivity index (χ1n) is 6.78. The standard InChI is InChI=1S/C14H22N4O2.ClH/c1-9-13(11(3)19-16-9)7-18(6-5-15)8-14-10(2)17-20-12(14)4;/h5-8,15H2,1-4H3;1H. The third-order valence-corrected chi connectivity index (χ3v) is 3.57. The van der Waals surface area contributed by atoms with Crippen LogP contribution in [-0.2, 0) is 13.1 Å². The molecule has 0 atom stereocenters. The summed E-state index contributed by atoms with van der Waals surface area (Å²) in [5, 5.41) is 8.00. The van der Waals surface area contributed by atoms with Crippen molar-refractivity contribution < 1.29 is 9.05 Å². The first-order valence-corrected chi connectivity index (χ1v) is 6.78. The SMILES string of the molecule is Cc1noc(C)c1CN(CCN)Cc1c(C)noc1C.Cl. The molecule has 2 N–H and O–H groups in total. The zero-order chi connectivity index (χ0) is 14.7. The Balaban J connectivity index is 0.00000220. The Bertz CT molecular complexity index is 492. The predicted octanol–water partition coefficient (Wildman–Crippen LogP) is 2.28. The van der Waals surface area contributed by atoms with Crippen LogP contribution in [-0.4, -0.2) is 28.3 Å². The topological polar surface area (TPSA) is 81.3 Å². The van der Waals surface area contributed by atoms with Gasteiger partial charge in [-0.2, -0.15) is 0 Å². The van der Waals surface area contributed by atoms with Crippen LogP contribution in [0.4, 0.5) is 0 Å². The van der Waals surface area contributed by atoms with Gasteiger partial charge in [-0.25, -0.2) is 0 Å². The molecule has 0 unspecified atom stereocenters. The number of aromatic nitrogens is 2. The summed E-state index contributed by atoms with van der Waals surface area (Å²) in [6.07, 6.45) is 0. The van der Waals surface area contributed by atoms with Gasteiger partial charge in [-0.3, -0.25) is 4.90 Å². The second-order valence-corrected chi connectivity index (χ2v) is 5.10. The molecule has 7 heteroatoms. The summed E-state index contributed by atoms with van der Waals surface area (Å²) >= 11 is 0. The van der Waals surface area contributed by atoms with Crippen LogP contribution in [0.2, 0.25) is 0 Å². The average molecular weight is 315 g/mol. The number of halogens is 1. The number of hydrogen-bond acceptors (Lipinski definition) is 6. The van der Waals surface area contributed by atoms with E-state index in [4.69, 9.17) is 14.8 Å². The third kappa shape index (κ3) is 4.06. The zero-order valence-corrected chi connectivity index (χ0v) is 13.8. The molecule has 0 bridgehead atoms. The van der Waals surface area contributed by atoms with Gasteiger partial charge in [0.15, 0.2) is 0 Å². The highest BCUT2D eigenvalue weighted by Crippen LogP contribution is 2.19. The molecule has 0 aliphatic carbocycles. The quantitative estimate of drug-likeness (QED) is 0.881. The second-order valence-electron chi connectivity index (χ2n) is 5.10. The van der Waals surface area contributed by atoms with Gasteiger partial charge >= 0.3 is 0 Å². The number of hydrogen-bond donors (Lipinski definition) is 1. The molecule has 6 nitrogen and oxygen atoms in total. The highest BCUT2D eigenvalue weighted by molar-refractivity contribution is 5.85. The van der Waals surface area contributed by atoms with Crippen LogP contribution in [0.15, 0.2) is 9.05 Å². The van der Waals surface area contributed by atoms with Crippen molar-refractivity contribution in [3.63, 3.8) is 0 Å². The highest BCUT2D eigenvalue weighted by Gasteiger charge is 2.17. The zero-order valence-electron chi connectivity index (χ0n) is 13.0. The van der Waals surface area contributed by atoms with E-state index in [0.717, 1.165) is 53.7 Å². The van der Waals surface area contributed by atoms with Crippen molar-refractivity contribution >= 4 is 12.4 Å². The van der Waals surface area contributed by atoms with E-state index in [2.05, 4.69) is 15.2 Å². The maximum absolute atomic E-state index is 5.72. The van der Waals surface area contributed by atoms with E-state index in [-0.39, 0.29) is 12.4 Å². The minimum atomic E-state index is 0. The predicted molar refractivity (Wildman–Crippen MR) is 82.4 cm³/mol. The van der Waals surface area contributed by atoms with Gasteiger partial charge in [0.05, 0.1) is 11.4 Å². The Morgan fingerprint density at radius 2 is 1.33 bits per heavy atom. The van der Waals surface area contributed by atoms with Crippen molar-refractivity contribution in [2.75, 3.05) is 13.1 Å². The summed E-state index contributed by atoms with van der Waals surface area (Å²) in [6.45, 7) is 10.7. The van der Waals surface area contributed by atoms with Gasteiger partial charge in [0, 0.05) is 37.3 Å². The molecule has 2 aromatic heterocycles. The van der Waals surface area contributed by atoms with Gasteiger partial charge in [0.25, 0.3) is 0 Å². The van der Waals surface area contributed by atoms with Crippen molar-refractivity contribution in [3.8, 4) is 0 Å². The van der Waals surface area contributed by atoms with Gasteiger partial charge in [-0.05, 0) is 27.7 Å². The molecule has 21 heavy (non-hydrogen) atoms. The van der Waals surface area contributed by atoms with Gasteiger partial charge < -0.3 is 14.8 Å². The molecule has 2 aromatic rings. The van der Waals surface area contributed by atoms with Crippen LogP contribution >= 0.6 is 12.4 Å². The monoisotopic (exact) mass is 314 g/mol. The molecule has 0 radical (unpaired) electrons. The third-order valence-electron chi connectivity index (χ3n) is 3.57. The van der Waals surface area contributed by atoms with Crippen molar-refractivity contribution in [1.82, 2.24) is 15.2 Å². The Morgan fingerprint density at radius 1 is 0.905 bits per heavy atom. The first kappa shape index (κ1) is 17.7. The lowest BCUT2D eigenvalue weighted by Gasteiger charge is -2.21. The molecule has 0 fully saturated rings. The Labute approximate surface area is 131 Å². The molecule has 0 aliphatic heterocycles. The van der Waals surface area contributed by atoms with E-state index in [0.29, 0.717) is 6.54 Å². The maximum Gasteiger partial charge on any atom is 0.138 e. The highest BCUT2D eigenvalue weighted by atomic mass is 35.5. The lowest BCUT2D eigenvalue weighted by Crippen LogP contribution is -2.29. The Hall–Kier alpha value is -1.37. The van der Waals surface area contributed by atoms with Gasteiger partial charge in [-0.15, -0.1) is 12.4 Å². The van der Waals surface area contributed by atoms with E-state index < -0.39 is 0 Å². The molecule has 0 aliphatic rings. The Kier molecular flexibility index (Phi) is 6.39.